The van der Waals surface area contributed by atoms with E-state index in [1.807, 2.05) is 4.90 Å². The van der Waals surface area contributed by atoms with Crippen LogP contribution >= 0.6 is 11.3 Å². The number of benzene rings is 1. The Morgan fingerprint density at radius 2 is 1.84 bits per heavy atom. The SMILES string of the molecule is O=C(CCNc1nnc(Cc2ccc(F)cc2)s1)N1CCCCCC1. The maximum atomic E-state index is 12.9. The highest BCUT2D eigenvalue weighted by Gasteiger charge is 2.15. The highest BCUT2D eigenvalue weighted by Crippen LogP contribution is 2.19. The molecule has 1 aromatic heterocycles. The number of likely N-dealkylation sites (tertiary alicyclic amines) is 1. The van der Waals surface area contributed by atoms with E-state index in [1.165, 1.54) is 36.3 Å². The molecule has 1 aromatic carbocycles. The van der Waals surface area contributed by atoms with E-state index >= 15 is 0 Å². The van der Waals surface area contributed by atoms with Crippen molar-refractivity contribution >= 4 is 22.4 Å². The Balaban J connectivity index is 1.43. The summed E-state index contributed by atoms with van der Waals surface area (Å²) in [6.45, 7) is 2.35. The third-order valence-electron chi connectivity index (χ3n) is 4.31. The summed E-state index contributed by atoms with van der Waals surface area (Å²) in [5.41, 5.74) is 1.00. The summed E-state index contributed by atoms with van der Waals surface area (Å²) in [6.07, 6.45) is 5.79. The largest absolute Gasteiger partial charge is 0.360 e. The summed E-state index contributed by atoms with van der Waals surface area (Å²) in [7, 11) is 0. The first-order valence-corrected chi connectivity index (χ1v) is 9.61. The molecule has 7 heteroatoms. The van der Waals surface area contributed by atoms with Crippen molar-refractivity contribution in [1.29, 1.82) is 0 Å². The summed E-state index contributed by atoms with van der Waals surface area (Å²) < 4.78 is 12.9. The first kappa shape index (κ1) is 17.8. The lowest BCUT2D eigenvalue weighted by Crippen LogP contribution is -2.32. The van der Waals surface area contributed by atoms with E-state index in [2.05, 4.69) is 15.5 Å². The zero-order valence-corrected chi connectivity index (χ0v) is 15.0. The number of carbonyl (C=O) groups excluding carboxylic acids is 1. The summed E-state index contributed by atoms with van der Waals surface area (Å²) in [4.78, 5) is 14.2. The number of anilines is 1. The van der Waals surface area contributed by atoms with Crippen molar-refractivity contribution < 1.29 is 9.18 Å². The van der Waals surface area contributed by atoms with Gasteiger partial charge in [-0.2, -0.15) is 0 Å². The summed E-state index contributed by atoms with van der Waals surface area (Å²) >= 11 is 1.47. The predicted octanol–water partition coefficient (Wildman–Crippen LogP) is 3.47. The van der Waals surface area contributed by atoms with Crippen molar-refractivity contribution in [2.24, 2.45) is 0 Å². The number of hydrogen-bond acceptors (Lipinski definition) is 5. The van der Waals surface area contributed by atoms with Crippen molar-refractivity contribution in [2.75, 3.05) is 25.0 Å². The molecule has 0 radical (unpaired) electrons. The van der Waals surface area contributed by atoms with Gasteiger partial charge in [-0.1, -0.05) is 36.3 Å². The Labute approximate surface area is 151 Å². The summed E-state index contributed by atoms with van der Waals surface area (Å²) in [5.74, 6) is -0.0251. The predicted molar refractivity (Wildman–Crippen MR) is 97.3 cm³/mol. The molecular formula is C18H23FN4OS. The van der Waals surface area contributed by atoms with E-state index < -0.39 is 0 Å². The van der Waals surface area contributed by atoms with Crippen molar-refractivity contribution in [2.45, 2.75) is 38.5 Å². The molecule has 1 saturated heterocycles. The standard InChI is InChI=1S/C18H23FN4OS/c19-15-7-5-14(6-8-15)13-16-21-22-18(25-16)20-10-9-17(24)23-11-3-1-2-4-12-23/h5-8H,1-4,9-13H2,(H,20,22). The highest BCUT2D eigenvalue weighted by molar-refractivity contribution is 7.15. The van der Waals surface area contributed by atoms with Crippen LogP contribution in [-0.2, 0) is 11.2 Å². The van der Waals surface area contributed by atoms with E-state index in [4.69, 9.17) is 0 Å². The van der Waals surface area contributed by atoms with Gasteiger partial charge in [0.2, 0.25) is 11.0 Å². The van der Waals surface area contributed by atoms with Gasteiger partial charge in [-0.25, -0.2) is 4.39 Å². The molecule has 0 aliphatic carbocycles. The van der Waals surface area contributed by atoms with Gasteiger partial charge in [0.05, 0.1) is 0 Å². The van der Waals surface area contributed by atoms with Crippen molar-refractivity contribution in [3.63, 3.8) is 0 Å². The van der Waals surface area contributed by atoms with Crippen LogP contribution in [-0.4, -0.2) is 40.6 Å². The van der Waals surface area contributed by atoms with Crippen LogP contribution in [0.3, 0.4) is 0 Å². The monoisotopic (exact) mass is 362 g/mol. The zero-order chi connectivity index (χ0) is 17.5. The van der Waals surface area contributed by atoms with Crippen LogP contribution < -0.4 is 5.32 Å². The molecule has 3 rings (SSSR count). The van der Waals surface area contributed by atoms with E-state index in [0.29, 0.717) is 19.4 Å². The van der Waals surface area contributed by atoms with Gasteiger partial charge in [0, 0.05) is 32.5 Å². The Kier molecular flexibility index (Phi) is 6.33. The molecule has 25 heavy (non-hydrogen) atoms. The number of amides is 1. The van der Waals surface area contributed by atoms with Crippen molar-refractivity contribution in [3.8, 4) is 0 Å². The second-order valence-electron chi connectivity index (χ2n) is 6.28. The number of carbonyl (C=O) groups is 1. The van der Waals surface area contributed by atoms with Crippen LogP contribution in [0.25, 0.3) is 0 Å². The van der Waals surface area contributed by atoms with Gasteiger partial charge >= 0.3 is 0 Å². The maximum Gasteiger partial charge on any atom is 0.224 e. The van der Waals surface area contributed by atoms with Crippen LogP contribution in [0, 0.1) is 5.82 Å². The zero-order valence-electron chi connectivity index (χ0n) is 14.2. The molecule has 2 aromatic rings. The van der Waals surface area contributed by atoms with Crippen molar-refractivity contribution in [1.82, 2.24) is 15.1 Å². The second-order valence-corrected chi connectivity index (χ2v) is 7.34. The molecule has 0 bridgehead atoms. The molecule has 0 spiro atoms. The minimum Gasteiger partial charge on any atom is -0.360 e. The van der Waals surface area contributed by atoms with Gasteiger partial charge in [-0.05, 0) is 30.5 Å². The molecule has 1 aliphatic heterocycles. The smallest absolute Gasteiger partial charge is 0.224 e. The fourth-order valence-corrected chi connectivity index (χ4v) is 3.73. The van der Waals surface area contributed by atoms with Gasteiger partial charge in [0.15, 0.2) is 0 Å². The van der Waals surface area contributed by atoms with E-state index in [0.717, 1.165) is 41.6 Å². The topological polar surface area (TPSA) is 58.1 Å². The minimum atomic E-state index is -0.238. The lowest BCUT2D eigenvalue weighted by Gasteiger charge is -2.20. The molecule has 0 atom stereocenters. The first-order valence-electron chi connectivity index (χ1n) is 8.79. The van der Waals surface area contributed by atoms with Crippen LogP contribution in [0.5, 0.6) is 0 Å². The van der Waals surface area contributed by atoms with Crippen molar-refractivity contribution in [3.05, 3.63) is 40.7 Å². The van der Waals surface area contributed by atoms with Crippen LogP contribution in [0.2, 0.25) is 0 Å². The first-order chi connectivity index (χ1) is 12.2. The number of rotatable bonds is 6. The van der Waals surface area contributed by atoms with E-state index in [-0.39, 0.29) is 11.7 Å². The quantitative estimate of drug-likeness (QED) is 0.855. The lowest BCUT2D eigenvalue weighted by molar-refractivity contribution is -0.130. The number of nitrogens with zero attached hydrogens (tertiary/aromatic N) is 3. The Morgan fingerprint density at radius 3 is 2.56 bits per heavy atom. The molecule has 5 nitrogen and oxygen atoms in total. The normalized spacial score (nSPS) is 15.0. The van der Waals surface area contributed by atoms with Gasteiger partial charge in [0.1, 0.15) is 10.8 Å². The number of nitrogens with one attached hydrogen (secondary N) is 1. The van der Waals surface area contributed by atoms with E-state index in [9.17, 15) is 9.18 Å². The average molecular weight is 362 g/mol. The summed E-state index contributed by atoms with van der Waals surface area (Å²) in [6, 6.07) is 6.40. The number of hydrogen-bond donors (Lipinski definition) is 1. The van der Waals surface area contributed by atoms with Crippen LogP contribution in [0.4, 0.5) is 9.52 Å². The molecular weight excluding hydrogens is 339 g/mol. The molecule has 2 heterocycles. The maximum absolute atomic E-state index is 12.9. The third kappa shape index (κ3) is 5.49. The minimum absolute atomic E-state index is 0.213. The molecule has 0 saturated carbocycles. The fraction of sp³-hybridized carbons (Fsp3) is 0.500. The number of aromatic nitrogens is 2. The van der Waals surface area contributed by atoms with Crippen LogP contribution in [0.15, 0.2) is 24.3 Å². The molecule has 1 aliphatic rings. The second kappa shape index (κ2) is 8.89. The highest BCUT2D eigenvalue weighted by atomic mass is 32.1. The molecule has 0 unspecified atom stereocenters. The van der Waals surface area contributed by atoms with Gasteiger partial charge in [-0.3, -0.25) is 4.79 Å². The van der Waals surface area contributed by atoms with E-state index in [1.54, 1.807) is 12.1 Å². The molecule has 1 N–H and O–H groups in total. The lowest BCUT2D eigenvalue weighted by atomic mass is 10.2. The van der Waals surface area contributed by atoms with Gasteiger partial charge in [-0.15, -0.1) is 10.2 Å². The van der Waals surface area contributed by atoms with Gasteiger partial charge < -0.3 is 10.2 Å². The van der Waals surface area contributed by atoms with Gasteiger partial charge in [0.25, 0.3) is 0 Å². The Morgan fingerprint density at radius 1 is 1.12 bits per heavy atom. The fourth-order valence-electron chi connectivity index (χ4n) is 2.93. The molecule has 1 amide bonds. The average Bonchev–Trinajstić information content (AvgIpc) is 2.88. The number of halogens is 1. The summed E-state index contributed by atoms with van der Waals surface area (Å²) in [5, 5.41) is 13.0. The third-order valence-corrected chi connectivity index (χ3v) is 5.19. The Bertz CT molecular complexity index is 681. The molecule has 134 valence electrons. The molecule has 1 fully saturated rings. The Hall–Kier alpha value is -2.02. The van der Waals surface area contributed by atoms with Crippen LogP contribution in [0.1, 0.15) is 42.7 Å².